The summed E-state index contributed by atoms with van der Waals surface area (Å²) in [4.78, 5) is 13.2. The Morgan fingerprint density at radius 1 is 0.970 bits per heavy atom. The summed E-state index contributed by atoms with van der Waals surface area (Å²) in [5.41, 5.74) is 1.58. The molecule has 1 aromatic carbocycles. The number of rotatable bonds is 8. The second kappa shape index (κ2) is 11.0. The Bertz CT molecular complexity index is 970. The lowest BCUT2D eigenvalue weighted by molar-refractivity contribution is 0.0841. The van der Waals surface area contributed by atoms with Gasteiger partial charge in [-0.3, -0.25) is 10.2 Å². The number of benzene rings is 1. The number of Topliss-reactive ketones (excluding diaryl/α,β-unsaturated/α-hetero) is 1. The first kappa shape index (κ1) is 29.2. The molecule has 0 aliphatic carbocycles. The predicted molar refractivity (Wildman–Crippen MR) is 139 cm³/mol. The molecule has 0 aliphatic heterocycles. The maximum atomic E-state index is 13.2. The van der Waals surface area contributed by atoms with Gasteiger partial charge in [0.15, 0.2) is 5.78 Å². The molecule has 0 radical (unpaired) electrons. The minimum Gasteiger partial charge on any atom is -0.507 e. The third-order valence-corrected chi connectivity index (χ3v) is 6.31. The predicted octanol–water partition coefficient (Wildman–Crippen LogP) is 5.33. The zero-order valence-corrected chi connectivity index (χ0v) is 23.1. The summed E-state index contributed by atoms with van der Waals surface area (Å²) >= 11 is 0. The molecule has 0 amide bonds. The number of halogens is 1. The Kier molecular flexibility index (Phi) is 9.76. The number of aromatic hydroxyl groups is 1. The van der Waals surface area contributed by atoms with Crippen LogP contribution >= 0.6 is 17.0 Å². The van der Waals surface area contributed by atoms with Gasteiger partial charge in [-0.15, -0.1) is 17.0 Å². The lowest BCUT2D eigenvalue weighted by atomic mass is 9.78. The van der Waals surface area contributed by atoms with Gasteiger partial charge in [-0.05, 0) is 28.9 Å². The number of nitrogens with zero attached hydrogens (tertiary/aromatic N) is 2. The van der Waals surface area contributed by atoms with Gasteiger partial charge in [-0.2, -0.15) is 0 Å². The van der Waals surface area contributed by atoms with Crippen LogP contribution in [0, 0.1) is 11.3 Å². The van der Waals surface area contributed by atoms with E-state index in [2.05, 4.69) is 13.8 Å². The van der Waals surface area contributed by atoms with E-state index in [1.54, 1.807) is 33.7 Å². The quantitative estimate of drug-likeness (QED) is 0.408. The molecule has 2 rings (SSSR count). The third-order valence-electron chi connectivity index (χ3n) is 6.31. The van der Waals surface area contributed by atoms with E-state index in [4.69, 9.17) is 5.41 Å². The molecule has 1 atom stereocenters. The van der Waals surface area contributed by atoms with Gasteiger partial charge in [0.05, 0.1) is 19.2 Å². The van der Waals surface area contributed by atoms with Crippen LogP contribution in [0.25, 0.3) is 0 Å². The molecule has 0 saturated carbocycles. The Morgan fingerprint density at radius 3 is 1.85 bits per heavy atom. The van der Waals surface area contributed by atoms with Crippen molar-refractivity contribution in [1.82, 2.24) is 9.13 Å². The number of carbonyl (C=O) groups excluding carboxylic acids is 1. The second-order valence-corrected chi connectivity index (χ2v) is 10.9. The van der Waals surface area contributed by atoms with E-state index in [1.807, 2.05) is 41.5 Å². The summed E-state index contributed by atoms with van der Waals surface area (Å²) in [5.74, 6) is 0.324. The minimum atomic E-state index is -0.522. The summed E-state index contributed by atoms with van der Waals surface area (Å²) in [6, 6.07) is 3.57. The van der Waals surface area contributed by atoms with Crippen LogP contribution in [0.1, 0.15) is 89.7 Å². The highest BCUT2D eigenvalue weighted by atomic mass is 79.9. The fourth-order valence-corrected chi connectivity index (χ4v) is 4.11. The zero-order chi connectivity index (χ0) is 24.4. The van der Waals surface area contributed by atoms with Crippen molar-refractivity contribution in [2.75, 3.05) is 0 Å². The van der Waals surface area contributed by atoms with Crippen LogP contribution in [-0.4, -0.2) is 31.2 Å². The number of imidazole rings is 1. The summed E-state index contributed by atoms with van der Waals surface area (Å²) < 4.78 is 3.29. The van der Waals surface area contributed by atoms with Crippen molar-refractivity contribution in [2.45, 2.75) is 98.3 Å². The Labute approximate surface area is 208 Å². The lowest BCUT2D eigenvalue weighted by Crippen LogP contribution is -2.33. The molecule has 33 heavy (non-hydrogen) atoms. The molecule has 0 bridgehead atoms. The SMILES string of the molecule is Br.CCC(CC)C(O)Cn1ccn(CC(=O)c2cc(C(C)(C)C)c(O)c(C(C)(C)C)c2)c1=N. The van der Waals surface area contributed by atoms with Gasteiger partial charge in [0, 0.05) is 29.1 Å². The number of ketones is 1. The molecule has 0 fully saturated rings. The van der Waals surface area contributed by atoms with Crippen LogP contribution < -0.4 is 5.62 Å². The Morgan fingerprint density at radius 2 is 1.42 bits per heavy atom. The first-order chi connectivity index (χ1) is 14.7. The second-order valence-electron chi connectivity index (χ2n) is 10.9. The van der Waals surface area contributed by atoms with Crippen molar-refractivity contribution in [3.63, 3.8) is 0 Å². The van der Waals surface area contributed by atoms with E-state index in [0.717, 1.165) is 24.0 Å². The first-order valence-electron chi connectivity index (χ1n) is 11.6. The Hall–Kier alpha value is -1.86. The summed E-state index contributed by atoms with van der Waals surface area (Å²) in [5, 5.41) is 29.9. The molecule has 3 N–H and O–H groups in total. The van der Waals surface area contributed by atoms with E-state index in [1.165, 1.54) is 0 Å². The van der Waals surface area contributed by atoms with Gasteiger partial charge in [0.1, 0.15) is 5.75 Å². The van der Waals surface area contributed by atoms with E-state index >= 15 is 0 Å². The van der Waals surface area contributed by atoms with Crippen LogP contribution in [0.3, 0.4) is 0 Å². The molecular weight excluding hydrogens is 482 g/mol. The number of hydrogen-bond donors (Lipinski definition) is 3. The van der Waals surface area contributed by atoms with Gasteiger partial charge < -0.3 is 19.3 Å². The summed E-state index contributed by atoms with van der Waals surface area (Å²) in [6.45, 7) is 16.6. The molecular formula is C26H42BrN3O3. The van der Waals surface area contributed by atoms with Crippen molar-refractivity contribution in [1.29, 1.82) is 5.41 Å². The molecule has 0 aliphatic rings. The molecule has 1 heterocycles. The number of hydrogen-bond acceptors (Lipinski definition) is 4. The molecule has 1 aromatic heterocycles. The average molecular weight is 525 g/mol. The highest BCUT2D eigenvalue weighted by Crippen LogP contribution is 2.39. The highest BCUT2D eigenvalue weighted by Gasteiger charge is 2.28. The number of aliphatic hydroxyl groups is 1. The fraction of sp³-hybridized carbons (Fsp3) is 0.615. The number of nitrogens with one attached hydrogen (secondary N) is 1. The van der Waals surface area contributed by atoms with E-state index < -0.39 is 6.10 Å². The number of aliphatic hydroxyl groups excluding tert-OH is 1. The molecule has 0 saturated heterocycles. The normalized spacial score (nSPS) is 13.2. The topological polar surface area (TPSA) is 91.2 Å². The minimum absolute atomic E-state index is 0. The van der Waals surface area contributed by atoms with Crippen molar-refractivity contribution in [2.24, 2.45) is 5.92 Å². The summed E-state index contributed by atoms with van der Waals surface area (Å²) in [6.07, 6.45) is 4.72. The highest BCUT2D eigenvalue weighted by molar-refractivity contribution is 8.93. The monoisotopic (exact) mass is 523 g/mol. The molecule has 1 unspecified atom stereocenters. The zero-order valence-electron chi connectivity index (χ0n) is 21.4. The standard InChI is InChI=1S/C26H41N3O3.BrH/c1-9-17(10-2)21(30)15-28-11-12-29(24(28)27)16-22(31)18-13-19(25(3,4)5)23(32)20(14-18)26(6,7)8;/h11-14,17,21,27,30,32H,9-10,15-16H2,1-8H3;1H. The maximum absolute atomic E-state index is 13.2. The van der Waals surface area contributed by atoms with Crippen molar-refractivity contribution < 1.29 is 15.0 Å². The fourth-order valence-electron chi connectivity index (χ4n) is 4.11. The van der Waals surface area contributed by atoms with Gasteiger partial charge in [0.2, 0.25) is 5.62 Å². The summed E-state index contributed by atoms with van der Waals surface area (Å²) in [7, 11) is 0. The maximum Gasteiger partial charge on any atom is 0.202 e. The molecule has 2 aromatic rings. The van der Waals surface area contributed by atoms with Gasteiger partial charge in [0.25, 0.3) is 0 Å². The van der Waals surface area contributed by atoms with Crippen LogP contribution in [0.5, 0.6) is 5.75 Å². The smallest absolute Gasteiger partial charge is 0.202 e. The number of phenolic OH excluding ortho intramolecular Hbond substituents is 1. The van der Waals surface area contributed by atoms with Crippen LogP contribution in [-0.2, 0) is 23.9 Å². The van der Waals surface area contributed by atoms with Crippen LogP contribution in [0.15, 0.2) is 24.5 Å². The number of aromatic nitrogens is 2. The van der Waals surface area contributed by atoms with Crippen LogP contribution in [0.2, 0.25) is 0 Å². The van der Waals surface area contributed by atoms with E-state index in [9.17, 15) is 15.0 Å². The molecule has 6 nitrogen and oxygen atoms in total. The lowest BCUT2D eigenvalue weighted by Gasteiger charge is -2.28. The van der Waals surface area contributed by atoms with Gasteiger partial charge in [-0.25, -0.2) is 0 Å². The average Bonchev–Trinajstić information content (AvgIpc) is 3.00. The largest absolute Gasteiger partial charge is 0.507 e. The first-order valence-corrected chi connectivity index (χ1v) is 11.6. The van der Waals surface area contributed by atoms with Gasteiger partial charge >= 0.3 is 0 Å². The molecule has 0 spiro atoms. The third kappa shape index (κ3) is 6.82. The molecule has 7 heteroatoms. The number of carbonyl (C=O) groups is 1. The van der Waals surface area contributed by atoms with Crippen molar-refractivity contribution >= 4 is 22.8 Å². The number of phenols is 1. The van der Waals surface area contributed by atoms with Crippen molar-refractivity contribution in [3.05, 3.63) is 46.8 Å². The Balaban J connectivity index is 0.00000544. The van der Waals surface area contributed by atoms with Gasteiger partial charge in [-0.1, -0.05) is 68.2 Å². The van der Waals surface area contributed by atoms with E-state index in [-0.39, 0.29) is 57.4 Å². The van der Waals surface area contributed by atoms with Crippen molar-refractivity contribution in [3.8, 4) is 5.75 Å². The molecule has 186 valence electrons. The van der Waals surface area contributed by atoms with Crippen LogP contribution in [0.4, 0.5) is 0 Å². The van der Waals surface area contributed by atoms with E-state index in [0.29, 0.717) is 12.1 Å².